The Labute approximate surface area is 137 Å². The van der Waals surface area contributed by atoms with Crippen LogP contribution < -0.4 is 5.73 Å². The zero-order valence-electron chi connectivity index (χ0n) is 12.3. The molecule has 2 rings (SSSR count). The first-order chi connectivity index (χ1) is 10.8. The Morgan fingerprint density at radius 3 is 2.52 bits per heavy atom. The smallest absolute Gasteiger partial charge is 0.227 e. The average molecular weight is 353 g/mol. The Balaban J connectivity index is 2.24. The first-order valence-electron chi connectivity index (χ1n) is 6.54. The number of aromatic hydroxyl groups is 1. The number of nitrogens with zero attached hydrogens (tertiary/aromatic N) is 2. The maximum absolute atomic E-state index is 12.4. The molecule has 9 heteroatoms. The number of carbonyl (C=O) groups is 1. The van der Waals surface area contributed by atoms with Crippen LogP contribution in [0.3, 0.4) is 0 Å². The molecule has 0 fully saturated rings. The Morgan fingerprint density at radius 2 is 1.91 bits per heavy atom. The highest BCUT2D eigenvalue weighted by Gasteiger charge is 2.18. The molecular formula is C14H15N3O4S2. The van der Waals surface area contributed by atoms with Crippen molar-refractivity contribution in [3.8, 4) is 5.88 Å². The summed E-state index contributed by atoms with van der Waals surface area (Å²) in [6.07, 6.45) is 0. The van der Waals surface area contributed by atoms with Crippen molar-refractivity contribution in [3.05, 3.63) is 41.6 Å². The van der Waals surface area contributed by atoms with Crippen LogP contribution in [0.5, 0.6) is 5.88 Å². The molecule has 23 heavy (non-hydrogen) atoms. The highest BCUT2D eigenvalue weighted by atomic mass is 32.2. The zero-order valence-corrected chi connectivity index (χ0v) is 13.9. The van der Waals surface area contributed by atoms with E-state index >= 15 is 0 Å². The molecule has 0 aliphatic heterocycles. The number of amides is 1. The minimum Gasteiger partial charge on any atom is -0.493 e. The zero-order chi connectivity index (χ0) is 17.0. The summed E-state index contributed by atoms with van der Waals surface area (Å²) in [6.45, 7) is 1.86. The molecule has 0 saturated carbocycles. The second kappa shape index (κ2) is 6.97. The van der Waals surface area contributed by atoms with Crippen LogP contribution in [-0.4, -0.2) is 35.2 Å². The Bertz CT molecular complexity index is 820. The van der Waals surface area contributed by atoms with E-state index in [0.29, 0.717) is 0 Å². The summed E-state index contributed by atoms with van der Waals surface area (Å²) < 4.78 is 24.8. The lowest BCUT2D eigenvalue weighted by atomic mass is 10.2. The van der Waals surface area contributed by atoms with E-state index in [1.54, 1.807) is 12.1 Å². The lowest BCUT2D eigenvalue weighted by Gasteiger charge is -2.06. The number of carbonyl (C=O) groups excluding carboxylic acids is 1. The number of rotatable bonds is 6. The second-order valence-electron chi connectivity index (χ2n) is 4.83. The molecule has 3 N–H and O–H groups in total. The molecular weight excluding hydrogens is 338 g/mol. The van der Waals surface area contributed by atoms with Crippen LogP contribution >= 0.6 is 11.8 Å². The largest absolute Gasteiger partial charge is 0.493 e. The monoisotopic (exact) mass is 353 g/mol. The number of thioether (sulfide) groups is 1. The second-order valence-corrected chi connectivity index (χ2v) is 7.76. The van der Waals surface area contributed by atoms with Crippen molar-refractivity contribution in [1.82, 2.24) is 9.97 Å². The topological polar surface area (TPSA) is 123 Å². The Kier molecular flexibility index (Phi) is 5.22. The fraction of sp³-hybridized carbons (Fsp3) is 0.214. The summed E-state index contributed by atoms with van der Waals surface area (Å²) in [5, 5.41) is 9.68. The van der Waals surface area contributed by atoms with Crippen molar-refractivity contribution in [3.63, 3.8) is 0 Å². The van der Waals surface area contributed by atoms with Gasteiger partial charge < -0.3 is 10.8 Å². The van der Waals surface area contributed by atoms with E-state index in [1.807, 2.05) is 6.92 Å². The van der Waals surface area contributed by atoms with E-state index in [9.17, 15) is 18.3 Å². The predicted octanol–water partition coefficient (Wildman–Crippen LogP) is 1.04. The van der Waals surface area contributed by atoms with Gasteiger partial charge in [0, 0.05) is 6.07 Å². The van der Waals surface area contributed by atoms with Gasteiger partial charge in [0.05, 0.1) is 22.1 Å². The third-order valence-electron chi connectivity index (χ3n) is 2.81. The van der Waals surface area contributed by atoms with Gasteiger partial charge in [-0.25, -0.2) is 13.4 Å². The van der Waals surface area contributed by atoms with E-state index < -0.39 is 15.7 Å². The third-order valence-corrected chi connectivity index (χ3v) is 5.34. The van der Waals surface area contributed by atoms with Gasteiger partial charge in [-0.15, -0.1) is 0 Å². The lowest BCUT2D eigenvalue weighted by molar-refractivity contribution is -0.115. The van der Waals surface area contributed by atoms with Gasteiger partial charge in [0.1, 0.15) is 0 Å². The van der Waals surface area contributed by atoms with Crippen LogP contribution in [0.25, 0.3) is 0 Å². The maximum atomic E-state index is 12.4. The van der Waals surface area contributed by atoms with Gasteiger partial charge >= 0.3 is 0 Å². The number of aromatic nitrogens is 2. The van der Waals surface area contributed by atoms with Crippen LogP contribution in [0, 0.1) is 6.92 Å². The summed E-state index contributed by atoms with van der Waals surface area (Å²) >= 11 is 0.929. The van der Waals surface area contributed by atoms with Gasteiger partial charge in [-0.05, 0) is 19.1 Å². The number of benzene rings is 1. The van der Waals surface area contributed by atoms with Crippen LogP contribution in [0.2, 0.25) is 0 Å². The molecule has 0 aliphatic rings. The van der Waals surface area contributed by atoms with Crippen molar-refractivity contribution in [2.75, 3.05) is 5.75 Å². The standard InChI is InChI=1S/C14H15N3O4S2/c1-9-2-4-11(5-3-9)23(20,21)8-10-6-13(19)17-14(16-10)22-7-12(15)18/h2-6H,7-8H2,1H3,(H2,15,18)(H,16,17,19). The summed E-state index contributed by atoms with van der Waals surface area (Å²) in [4.78, 5) is 18.7. The lowest BCUT2D eigenvalue weighted by Crippen LogP contribution is -2.13. The minimum absolute atomic E-state index is 0.0619. The van der Waals surface area contributed by atoms with Gasteiger partial charge in [-0.1, -0.05) is 29.5 Å². The molecule has 7 nitrogen and oxygen atoms in total. The quantitative estimate of drug-likeness (QED) is 0.587. The molecule has 1 heterocycles. The molecule has 0 spiro atoms. The molecule has 122 valence electrons. The van der Waals surface area contributed by atoms with Crippen molar-refractivity contribution in [2.24, 2.45) is 5.73 Å². The van der Waals surface area contributed by atoms with Crippen LogP contribution in [0.4, 0.5) is 0 Å². The molecule has 1 amide bonds. The van der Waals surface area contributed by atoms with Crippen molar-refractivity contribution >= 4 is 27.5 Å². The van der Waals surface area contributed by atoms with Crippen molar-refractivity contribution in [2.45, 2.75) is 22.7 Å². The van der Waals surface area contributed by atoms with Gasteiger partial charge in [0.2, 0.25) is 11.8 Å². The number of hydrogen-bond acceptors (Lipinski definition) is 7. The molecule has 2 aromatic rings. The first kappa shape index (κ1) is 17.2. The van der Waals surface area contributed by atoms with E-state index in [1.165, 1.54) is 18.2 Å². The number of hydrogen-bond donors (Lipinski definition) is 2. The number of aryl methyl sites for hydroxylation is 1. The van der Waals surface area contributed by atoms with Crippen LogP contribution in [0.1, 0.15) is 11.3 Å². The van der Waals surface area contributed by atoms with Crippen LogP contribution in [-0.2, 0) is 20.4 Å². The molecule has 1 aromatic carbocycles. The van der Waals surface area contributed by atoms with E-state index in [2.05, 4.69) is 9.97 Å². The van der Waals surface area contributed by atoms with Crippen molar-refractivity contribution < 1.29 is 18.3 Å². The average Bonchev–Trinajstić information content (AvgIpc) is 2.44. The maximum Gasteiger partial charge on any atom is 0.227 e. The van der Waals surface area contributed by atoms with Gasteiger partial charge in [0.25, 0.3) is 0 Å². The highest BCUT2D eigenvalue weighted by Crippen LogP contribution is 2.21. The fourth-order valence-electron chi connectivity index (χ4n) is 1.76. The summed E-state index contributed by atoms with van der Waals surface area (Å²) in [5.74, 6) is -1.36. The molecule has 0 unspecified atom stereocenters. The van der Waals surface area contributed by atoms with Crippen LogP contribution in [0.15, 0.2) is 40.4 Å². The summed E-state index contributed by atoms with van der Waals surface area (Å²) in [7, 11) is -3.60. The molecule has 0 bridgehead atoms. The Morgan fingerprint density at radius 1 is 1.26 bits per heavy atom. The number of nitrogens with two attached hydrogens (primary N) is 1. The number of sulfone groups is 1. The highest BCUT2D eigenvalue weighted by molar-refractivity contribution is 7.99. The molecule has 0 saturated heterocycles. The summed E-state index contributed by atoms with van der Waals surface area (Å²) in [5.41, 5.74) is 6.13. The third kappa shape index (κ3) is 4.93. The van der Waals surface area contributed by atoms with Gasteiger partial charge in [-0.2, -0.15) is 4.98 Å². The molecule has 0 radical (unpaired) electrons. The van der Waals surface area contributed by atoms with E-state index in [-0.39, 0.29) is 33.1 Å². The van der Waals surface area contributed by atoms with Crippen molar-refractivity contribution in [1.29, 1.82) is 0 Å². The van der Waals surface area contributed by atoms with Gasteiger partial charge in [-0.3, -0.25) is 4.79 Å². The normalized spacial score (nSPS) is 11.3. The first-order valence-corrected chi connectivity index (χ1v) is 9.17. The minimum atomic E-state index is -3.60. The van der Waals surface area contributed by atoms with E-state index in [4.69, 9.17) is 5.73 Å². The SMILES string of the molecule is Cc1ccc(S(=O)(=O)Cc2cc(O)nc(SCC(N)=O)n2)cc1. The molecule has 1 aromatic heterocycles. The number of primary amides is 1. The van der Waals surface area contributed by atoms with E-state index in [0.717, 1.165) is 17.3 Å². The molecule has 0 aliphatic carbocycles. The Hall–Kier alpha value is -2.13. The predicted molar refractivity (Wildman–Crippen MR) is 85.7 cm³/mol. The summed E-state index contributed by atoms with van der Waals surface area (Å²) in [6, 6.07) is 7.64. The molecule has 0 atom stereocenters. The van der Waals surface area contributed by atoms with Gasteiger partial charge in [0.15, 0.2) is 15.0 Å². The fourth-order valence-corrected chi connectivity index (χ4v) is 3.62.